The third-order valence-electron chi connectivity index (χ3n) is 3.51. The fourth-order valence-electron chi connectivity index (χ4n) is 2.35. The van der Waals surface area contributed by atoms with Crippen molar-refractivity contribution in [1.82, 2.24) is 14.5 Å². The first-order chi connectivity index (χ1) is 8.65. The first kappa shape index (κ1) is 12.9. The summed E-state index contributed by atoms with van der Waals surface area (Å²) >= 11 is 0. The maximum atomic E-state index is 11.9. The van der Waals surface area contributed by atoms with Gasteiger partial charge in [0.1, 0.15) is 0 Å². The van der Waals surface area contributed by atoms with Gasteiger partial charge in [-0.3, -0.25) is 0 Å². The van der Waals surface area contributed by atoms with Crippen molar-refractivity contribution in [2.75, 3.05) is 6.54 Å². The van der Waals surface area contributed by atoms with Crippen LogP contribution < -0.4 is 0 Å². The lowest BCUT2D eigenvalue weighted by atomic mass is 10.1. The van der Waals surface area contributed by atoms with E-state index < -0.39 is 0 Å². The standard InChI is InChI=1S/C13H21N3O2/c1-4-5-6-8-16-10(2)11(18-13(16)17)12-14-7-9-15(12)3/h7,9-11H,4-6,8H2,1-3H3/t10-,11-/m0/s1. The maximum absolute atomic E-state index is 11.9. The van der Waals surface area contributed by atoms with Gasteiger partial charge in [0.25, 0.3) is 0 Å². The van der Waals surface area contributed by atoms with Gasteiger partial charge in [0.2, 0.25) is 0 Å². The zero-order valence-electron chi connectivity index (χ0n) is 11.3. The van der Waals surface area contributed by atoms with Crippen LogP contribution in [0.15, 0.2) is 12.4 Å². The van der Waals surface area contributed by atoms with E-state index in [9.17, 15) is 4.79 Å². The van der Waals surface area contributed by atoms with Gasteiger partial charge in [-0.25, -0.2) is 9.78 Å². The average Bonchev–Trinajstić information content (AvgIpc) is 2.87. The summed E-state index contributed by atoms with van der Waals surface area (Å²) < 4.78 is 7.35. The fraction of sp³-hybridized carbons (Fsp3) is 0.692. The highest BCUT2D eigenvalue weighted by molar-refractivity contribution is 5.70. The number of carbonyl (C=O) groups is 1. The highest BCUT2D eigenvalue weighted by Crippen LogP contribution is 2.31. The second-order valence-corrected chi connectivity index (χ2v) is 4.84. The molecule has 2 rings (SSSR count). The summed E-state index contributed by atoms with van der Waals surface area (Å²) in [5, 5.41) is 0. The van der Waals surface area contributed by atoms with Gasteiger partial charge in [-0.15, -0.1) is 0 Å². The van der Waals surface area contributed by atoms with Gasteiger partial charge in [0, 0.05) is 26.0 Å². The van der Waals surface area contributed by atoms with Gasteiger partial charge >= 0.3 is 6.09 Å². The van der Waals surface area contributed by atoms with Crippen molar-refractivity contribution in [3.8, 4) is 0 Å². The monoisotopic (exact) mass is 251 g/mol. The molecule has 1 aromatic rings. The number of hydrogen-bond acceptors (Lipinski definition) is 3. The SMILES string of the molecule is CCCCCN1C(=O)O[C@H](c2nccn2C)[C@@H]1C. The number of amides is 1. The van der Waals surface area contributed by atoms with Crippen LogP contribution >= 0.6 is 0 Å². The Labute approximate surface area is 108 Å². The van der Waals surface area contributed by atoms with Crippen LogP contribution in [0.5, 0.6) is 0 Å². The Morgan fingerprint density at radius 3 is 2.83 bits per heavy atom. The predicted octanol–water partition coefficient (Wildman–Crippen LogP) is 2.49. The fourth-order valence-corrected chi connectivity index (χ4v) is 2.35. The van der Waals surface area contributed by atoms with E-state index in [0.717, 1.165) is 31.6 Å². The van der Waals surface area contributed by atoms with Crippen LogP contribution in [0.4, 0.5) is 4.79 Å². The van der Waals surface area contributed by atoms with Crippen molar-refractivity contribution in [2.24, 2.45) is 7.05 Å². The maximum Gasteiger partial charge on any atom is 0.410 e. The van der Waals surface area contributed by atoms with Crippen LogP contribution in [0.25, 0.3) is 0 Å². The Balaban J connectivity index is 2.04. The molecule has 1 fully saturated rings. The van der Waals surface area contributed by atoms with Crippen molar-refractivity contribution in [3.05, 3.63) is 18.2 Å². The van der Waals surface area contributed by atoms with E-state index in [-0.39, 0.29) is 18.2 Å². The van der Waals surface area contributed by atoms with Gasteiger partial charge in [0.15, 0.2) is 11.9 Å². The quantitative estimate of drug-likeness (QED) is 0.755. The van der Waals surface area contributed by atoms with E-state index in [1.807, 2.05) is 29.6 Å². The first-order valence-corrected chi connectivity index (χ1v) is 6.59. The van der Waals surface area contributed by atoms with Gasteiger partial charge in [0.05, 0.1) is 6.04 Å². The number of imidazole rings is 1. The van der Waals surface area contributed by atoms with Gasteiger partial charge in [-0.2, -0.15) is 0 Å². The van der Waals surface area contributed by atoms with Crippen molar-refractivity contribution < 1.29 is 9.53 Å². The zero-order chi connectivity index (χ0) is 13.1. The molecule has 100 valence electrons. The number of unbranched alkanes of at least 4 members (excludes halogenated alkanes) is 2. The topological polar surface area (TPSA) is 47.4 Å². The molecule has 0 saturated carbocycles. The van der Waals surface area contributed by atoms with E-state index in [0.29, 0.717) is 0 Å². The Morgan fingerprint density at radius 2 is 2.22 bits per heavy atom. The molecule has 0 bridgehead atoms. The molecule has 0 unspecified atom stereocenters. The highest BCUT2D eigenvalue weighted by Gasteiger charge is 2.41. The van der Waals surface area contributed by atoms with Gasteiger partial charge < -0.3 is 14.2 Å². The number of carbonyl (C=O) groups excluding carboxylic acids is 1. The third-order valence-corrected chi connectivity index (χ3v) is 3.51. The minimum absolute atomic E-state index is 0.0513. The lowest BCUT2D eigenvalue weighted by Gasteiger charge is -2.20. The lowest BCUT2D eigenvalue weighted by molar-refractivity contribution is 0.125. The molecule has 0 N–H and O–H groups in total. The molecule has 5 nitrogen and oxygen atoms in total. The molecular formula is C13H21N3O2. The molecular weight excluding hydrogens is 230 g/mol. The summed E-state index contributed by atoms with van der Waals surface area (Å²) in [6.45, 7) is 4.95. The second-order valence-electron chi connectivity index (χ2n) is 4.84. The first-order valence-electron chi connectivity index (χ1n) is 6.59. The second kappa shape index (κ2) is 5.42. The number of aryl methyl sites for hydroxylation is 1. The van der Waals surface area contributed by atoms with E-state index in [2.05, 4.69) is 11.9 Å². The predicted molar refractivity (Wildman–Crippen MR) is 68.1 cm³/mol. The molecule has 1 amide bonds. The summed E-state index contributed by atoms with van der Waals surface area (Å²) in [6, 6.07) is 0.0513. The Hall–Kier alpha value is -1.52. The number of hydrogen-bond donors (Lipinski definition) is 0. The minimum atomic E-state index is -0.251. The normalized spacial score (nSPS) is 23.5. The van der Waals surface area contributed by atoms with E-state index in [1.54, 1.807) is 6.20 Å². The molecule has 2 atom stereocenters. The summed E-state index contributed by atoms with van der Waals surface area (Å²) in [6.07, 6.45) is 6.46. The van der Waals surface area contributed by atoms with Crippen molar-refractivity contribution >= 4 is 6.09 Å². The number of ether oxygens (including phenoxy) is 1. The van der Waals surface area contributed by atoms with Crippen LogP contribution in [0.2, 0.25) is 0 Å². The van der Waals surface area contributed by atoms with E-state index >= 15 is 0 Å². The summed E-state index contributed by atoms with van der Waals surface area (Å²) in [4.78, 5) is 17.9. The average molecular weight is 251 g/mol. The number of nitrogens with zero attached hydrogens (tertiary/aromatic N) is 3. The molecule has 0 aromatic carbocycles. The Bertz CT molecular complexity index is 416. The van der Waals surface area contributed by atoms with Crippen molar-refractivity contribution in [2.45, 2.75) is 45.3 Å². The Kier molecular flexibility index (Phi) is 3.89. The summed E-state index contributed by atoms with van der Waals surface area (Å²) in [5.41, 5.74) is 0. The smallest absolute Gasteiger partial charge is 0.410 e. The van der Waals surface area contributed by atoms with Crippen LogP contribution in [-0.4, -0.2) is 33.1 Å². The Morgan fingerprint density at radius 1 is 1.44 bits per heavy atom. The number of rotatable bonds is 5. The van der Waals surface area contributed by atoms with Crippen LogP contribution in [-0.2, 0) is 11.8 Å². The third kappa shape index (κ3) is 2.35. The largest absolute Gasteiger partial charge is 0.436 e. The van der Waals surface area contributed by atoms with Crippen molar-refractivity contribution in [3.63, 3.8) is 0 Å². The number of aromatic nitrogens is 2. The van der Waals surface area contributed by atoms with Gasteiger partial charge in [-0.1, -0.05) is 19.8 Å². The molecule has 0 aliphatic carbocycles. The van der Waals surface area contributed by atoms with Crippen LogP contribution in [0.1, 0.15) is 45.0 Å². The molecule has 1 saturated heterocycles. The van der Waals surface area contributed by atoms with Crippen LogP contribution in [0, 0.1) is 0 Å². The van der Waals surface area contributed by atoms with Gasteiger partial charge in [-0.05, 0) is 13.3 Å². The summed E-state index contributed by atoms with van der Waals surface area (Å²) in [7, 11) is 1.92. The van der Waals surface area contributed by atoms with E-state index in [4.69, 9.17) is 4.74 Å². The molecule has 0 spiro atoms. The molecule has 0 radical (unpaired) electrons. The molecule has 1 aliphatic heterocycles. The summed E-state index contributed by atoms with van der Waals surface area (Å²) in [5.74, 6) is 0.814. The molecule has 18 heavy (non-hydrogen) atoms. The van der Waals surface area contributed by atoms with E-state index in [1.165, 1.54) is 0 Å². The molecule has 1 aromatic heterocycles. The van der Waals surface area contributed by atoms with Crippen molar-refractivity contribution in [1.29, 1.82) is 0 Å². The number of cyclic esters (lactones) is 1. The molecule has 1 aliphatic rings. The van der Waals surface area contributed by atoms with Crippen LogP contribution in [0.3, 0.4) is 0 Å². The molecule has 5 heteroatoms. The molecule has 2 heterocycles. The minimum Gasteiger partial charge on any atom is -0.436 e. The zero-order valence-corrected chi connectivity index (χ0v) is 11.3. The highest BCUT2D eigenvalue weighted by atomic mass is 16.6. The lowest BCUT2D eigenvalue weighted by Crippen LogP contribution is -2.33.